The Hall–Kier alpha value is -0.940. The number of carbonyl (C=O) groups is 1. The fourth-order valence-electron chi connectivity index (χ4n) is 2.63. The molecule has 0 aliphatic carbocycles. The molecule has 110 valence electrons. The van der Waals surface area contributed by atoms with E-state index in [9.17, 15) is 9.18 Å². The molecule has 0 radical (unpaired) electrons. The van der Waals surface area contributed by atoms with E-state index < -0.39 is 5.82 Å². The number of hydrogen-bond acceptors (Lipinski definition) is 1. The molecule has 0 aromatic heterocycles. The zero-order valence-corrected chi connectivity index (χ0v) is 13.3. The van der Waals surface area contributed by atoms with E-state index in [2.05, 4.69) is 21.2 Å². The molecular formula is C15H21BrFN2O+. The zero-order chi connectivity index (χ0) is 14.5. The van der Waals surface area contributed by atoms with Crippen LogP contribution >= 0.6 is 15.9 Å². The van der Waals surface area contributed by atoms with Crippen molar-refractivity contribution in [3.05, 3.63) is 28.5 Å². The Bertz CT molecular complexity index is 473. The van der Waals surface area contributed by atoms with E-state index in [1.807, 2.05) is 6.92 Å². The molecule has 1 fully saturated rings. The van der Waals surface area contributed by atoms with Gasteiger partial charge in [0.15, 0.2) is 6.04 Å². The van der Waals surface area contributed by atoms with Gasteiger partial charge in [-0.15, -0.1) is 0 Å². The second-order valence-corrected chi connectivity index (χ2v) is 6.32. The maximum absolute atomic E-state index is 13.7. The largest absolute Gasteiger partial charge is 0.325 e. The minimum absolute atomic E-state index is 0.108. The number of amides is 1. The van der Waals surface area contributed by atoms with Crippen molar-refractivity contribution in [2.75, 3.05) is 18.4 Å². The summed E-state index contributed by atoms with van der Waals surface area (Å²) in [5, 5.41) is 2.70. The predicted octanol–water partition coefficient (Wildman–Crippen LogP) is 2.37. The van der Waals surface area contributed by atoms with Crippen LogP contribution in [0.4, 0.5) is 10.1 Å². The Kier molecular flexibility index (Phi) is 5.54. The zero-order valence-electron chi connectivity index (χ0n) is 11.7. The van der Waals surface area contributed by atoms with Crippen molar-refractivity contribution in [3.8, 4) is 0 Å². The van der Waals surface area contributed by atoms with Crippen LogP contribution in [-0.2, 0) is 4.79 Å². The minimum Gasteiger partial charge on any atom is -0.325 e. The van der Waals surface area contributed by atoms with Gasteiger partial charge in [-0.3, -0.25) is 4.79 Å². The van der Waals surface area contributed by atoms with Crippen molar-refractivity contribution in [2.45, 2.75) is 38.6 Å². The van der Waals surface area contributed by atoms with Gasteiger partial charge in [-0.05, 0) is 50.8 Å². The third-order valence-corrected chi connectivity index (χ3v) is 4.43. The third-order valence-electron chi connectivity index (χ3n) is 3.94. The van der Waals surface area contributed by atoms with Crippen LogP contribution in [0.25, 0.3) is 0 Å². The van der Waals surface area contributed by atoms with Crippen molar-refractivity contribution in [1.29, 1.82) is 0 Å². The quantitative estimate of drug-likeness (QED) is 0.867. The van der Waals surface area contributed by atoms with Crippen LogP contribution in [0, 0.1) is 5.82 Å². The van der Waals surface area contributed by atoms with Crippen LogP contribution in [0.5, 0.6) is 0 Å². The smallest absolute Gasteiger partial charge is 0.282 e. The summed E-state index contributed by atoms with van der Waals surface area (Å²) in [6, 6.07) is 4.53. The summed E-state index contributed by atoms with van der Waals surface area (Å²) in [6.07, 6.45) is 4.83. The molecular weight excluding hydrogens is 323 g/mol. The van der Waals surface area contributed by atoms with Gasteiger partial charge in [0.05, 0.1) is 18.8 Å². The molecule has 2 rings (SSSR count). The molecule has 0 saturated carbocycles. The standard InChI is InChI=1S/C15H20BrFN2O/c1-11(19-8-4-2-3-5-9-19)15(20)18-14-7-6-12(16)10-13(14)17/h6-7,10-11H,2-5,8-9H2,1H3,(H,18,20)/p+1/t11-/m0/s1. The summed E-state index contributed by atoms with van der Waals surface area (Å²) < 4.78 is 14.4. The van der Waals surface area contributed by atoms with E-state index in [4.69, 9.17) is 0 Å². The highest BCUT2D eigenvalue weighted by atomic mass is 79.9. The number of carbonyl (C=O) groups excluding carboxylic acids is 1. The summed E-state index contributed by atoms with van der Waals surface area (Å²) >= 11 is 3.21. The number of halogens is 2. The van der Waals surface area contributed by atoms with Gasteiger partial charge in [0.1, 0.15) is 5.82 Å². The first-order valence-electron chi connectivity index (χ1n) is 7.18. The van der Waals surface area contributed by atoms with Crippen LogP contribution in [0.2, 0.25) is 0 Å². The fourth-order valence-corrected chi connectivity index (χ4v) is 2.97. The van der Waals surface area contributed by atoms with Crippen molar-refractivity contribution in [2.24, 2.45) is 0 Å². The van der Waals surface area contributed by atoms with E-state index in [1.165, 1.54) is 36.6 Å². The molecule has 3 nitrogen and oxygen atoms in total. The maximum atomic E-state index is 13.7. The summed E-state index contributed by atoms with van der Waals surface area (Å²) in [5.74, 6) is -0.520. The Labute approximate surface area is 127 Å². The van der Waals surface area contributed by atoms with Gasteiger partial charge >= 0.3 is 0 Å². The van der Waals surface area contributed by atoms with E-state index in [0.29, 0.717) is 4.47 Å². The van der Waals surface area contributed by atoms with Crippen molar-refractivity contribution in [3.63, 3.8) is 0 Å². The van der Waals surface area contributed by atoms with Gasteiger partial charge < -0.3 is 10.2 Å². The maximum Gasteiger partial charge on any atom is 0.282 e. The number of rotatable bonds is 3. The van der Waals surface area contributed by atoms with Crippen molar-refractivity contribution < 1.29 is 14.1 Å². The number of hydrogen-bond donors (Lipinski definition) is 2. The van der Waals surface area contributed by atoms with Crippen LogP contribution < -0.4 is 10.2 Å². The SMILES string of the molecule is C[C@@H](C(=O)Nc1ccc(Br)cc1F)[NH+]1CCCCCC1. The molecule has 1 aliphatic heterocycles. The van der Waals surface area contributed by atoms with Crippen LogP contribution in [-0.4, -0.2) is 25.0 Å². The second kappa shape index (κ2) is 7.18. The summed E-state index contributed by atoms with van der Waals surface area (Å²) in [5.41, 5.74) is 0.249. The number of likely N-dealkylation sites (tertiary alicyclic amines) is 1. The molecule has 1 aliphatic rings. The molecule has 2 N–H and O–H groups in total. The molecule has 1 saturated heterocycles. The molecule has 1 aromatic carbocycles. The lowest BCUT2D eigenvalue weighted by Crippen LogP contribution is -3.16. The summed E-state index contributed by atoms with van der Waals surface area (Å²) in [6.45, 7) is 3.97. The highest BCUT2D eigenvalue weighted by Gasteiger charge is 2.26. The van der Waals surface area contributed by atoms with Crippen molar-refractivity contribution in [1.82, 2.24) is 0 Å². The molecule has 5 heteroatoms. The summed E-state index contributed by atoms with van der Waals surface area (Å²) in [7, 11) is 0. The Balaban J connectivity index is 1.99. The van der Waals surface area contributed by atoms with Crippen LogP contribution in [0.3, 0.4) is 0 Å². The Morgan fingerprint density at radius 2 is 1.95 bits per heavy atom. The first kappa shape index (κ1) is 15.4. The fraction of sp³-hybridized carbons (Fsp3) is 0.533. The highest BCUT2D eigenvalue weighted by molar-refractivity contribution is 9.10. The van der Waals surface area contributed by atoms with Gasteiger partial charge in [0.2, 0.25) is 0 Å². The molecule has 0 unspecified atom stereocenters. The lowest BCUT2D eigenvalue weighted by Gasteiger charge is -2.23. The molecule has 1 aromatic rings. The lowest BCUT2D eigenvalue weighted by atomic mass is 10.2. The highest BCUT2D eigenvalue weighted by Crippen LogP contribution is 2.19. The minimum atomic E-state index is -0.411. The number of benzene rings is 1. The Morgan fingerprint density at radius 1 is 1.30 bits per heavy atom. The van der Waals surface area contributed by atoms with Crippen molar-refractivity contribution >= 4 is 27.5 Å². The normalized spacial score (nSPS) is 18.4. The molecule has 0 bridgehead atoms. The van der Waals surface area contributed by atoms with Gasteiger partial charge in [-0.1, -0.05) is 15.9 Å². The molecule has 1 heterocycles. The first-order chi connectivity index (χ1) is 9.58. The molecule has 20 heavy (non-hydrogen) atoms. The van der Waals surface area contributed by atoms with Gasteiger partial charge in [0, 0.05) is 4.47 Å². The Morgan fingerprint density at radius 3 is 2.55 bits per heavy atom. The van der Waals surface area contributed by atoms with Gasteiger partial charge in [-0.2, -0.15) is 0 Å². The topological polar surface area (TPSA) is 33.5 Å². The lowest BCUT2D eigenvalue weighted by molar-refractivity contribution is -0.913. The average molecular weight is 344 g/mol. The molecule has 1 atom stereocenters. The van der Waals surface area contributed by atoms with Gasteiger partial charge in [-0.25, -0.2) is 4.39 Å². The van der Waals surface area contributed by atoms with Crippen LogP contribution in [0.1, 0.15) is 32.6 Å². The monoisotopic (exact) mass is 343 g/mol. The average Bonchev–Trinajstić information content (AvgIpc) is 2.70. The predicted molar refractivity (Wildman–Crippen MR) is 81.4 cm³/mol. The van der Waals surface area contributed by atoms with E-state index in [0.717, 1.165) is 13.1 Å². The molecule has 0 spiro atoms. The summed E-state index contributed by atoms with van der Waals surface area (Å²) in [4.78, 5) is 13.6. The van der Waals surface area contributed by atoms with Crippen LogP contribution in [0.15, 0.2) is 22.7 Å². The van der Waals surface area contributed by atoms with E-state index in [1.54, 1.807) is 12.1 Å². The van der Waals surface area contributed by atoms with Gasteiger partial charge in [0.25, 0.3) is 5.91 Å². The second-order valence-electron chi connectivity index (χ2n) is 5.41. The third kappa shape index (κ3) is 4.03. The van der Waals surface area contributed by atoms with E-state index in [-0.39, 0.29) is 17.6 Å². The van der Waals surface area contributed by atoms with E-state index >= 15 is 0 Å². The molecule has 1 amide bonds. The number of nitrogens with one attached hydrogen (secondary N) is 2. The number of quaternary nitrogens is 1. The number of anilines is 1. The first-order valence-corrected chi connectivity index (χ1v) is 7.97.